The largest absolute Gasteiger partial charge is 0.491 e. The van der Waals surface area contributed by atoms with Crippen molar-refractivity contribution in [3.05, 3.63) is 29.8 Å². The fourth-order valence-corrected chi connectivity index (χ4v) is 1.74. The zero-order chi connectivity index (χ0) is 16.9. The average molecular weight is 320 g/mol. The second-order valence-corrected chi connectivity index (χ2v) is 4.99. The zero-order valence-electron chi connectivity index (χ0n) is 12.3. The van der Waals surface area contributed by atoms with Gasteiger partial charge in [-0.25, -0.2) is 0 Å². The number of amides is 1. The summed E-state index contributed by atoms with van der Waals surface area (Å²) in [4.78, 5) is 12.8. The normalized spacial score (nSPS) is 14.3. The summed E-state index contributed by atoms with van der Waals surface area (Å²) < 4.78 is 42.4. The molecule has 124 valence electrons. The van der Waals surface area contributed by atoms with Gasteiger partial charge in [-0.2, -0.15) is 13.2 Å². The number of carbonyl (C=O) groups is 1. The SMILES string of the molecule is C[C@@H](N)C(=O)N(C)CC(O)COc1ccc(C(F)(F)F)cc1. The average Bonchev–Trinajstić information content (AvgIpc) is 2.43. The molecule has 5 nitrogen and oxygen atoms in total. The smallest absolute Gasteiger partial charge is 0.416 e. The fraction of sp³-hybridized carbons (Fsp3) is 0.500. The Balaban J connectivity index is 2.47. The van der Waals surface area contributed by atoms with Crippen molar-refractivity contribution in [2.75, 3.05) is 20.2 Å². The number of hydrogen-bond donors (Lipinski definition) is 2. The molecule has 0 heterocycles. The van der Waals surface area contributed by atoms with Gasteiger partial charge >= 0.3 is 6.18 Å². The van der Waals surface area contributed by atoms with E-state index in [1.165, 1.54) is 31.0 Å². The summed E-state index contributed by atoms with van der Waals surface area (Å²) in [5.41, 5.74) is 4.66. The topological polar surface area (TPSA) is 75.8 Å². The van der Waals surface area contributed by atoms with E-state index in [4.69, 9.17) is 10.5 Å². The summed E-state index contributed by atoms with van der Waals surface area (Å²) in [5.74, 6) is -0.123. The van der Waals surface area contributed by atoms with E-state index in [9.17, 15) is 23.1 Å². The van der Waals surface area contributed by atoms with Gasteiger partial charge in [-0.1, -0.05) is 0 Å². The first kappa shape index (κ1) is 18.2. The predicted molar refractivity (Wildman–Crippen MR) is 74.2 cm³/mol. The summed E-state index contributed by atoms with van der Waals surface area (Å²) in [6.07, 6.45) is -5.38. The van der Waals surface area contributed by atoms with E-state index in [2.05, 4.69) is 0 Å². The van der Waals surface area contributed by atoms with Crippen LogP contribution in [-0.2, 0) is 11.0 Å². The number of nitrogens with zero attached hydrogens (tertiary/aromatic N) is 1. The molecule has 0 aliphatic heterocycles. The Hall–Kier alpha value is -1.80. The third-order valence-corrected chi connectivity index (χ3v) is 2.87. The molecule has 22 heavy (non-hydrogen) atoms. The maximum atomic E-state index is 12.4. The molecular formula is C14H19F3N2O3. The Morgan fingerprint density at radius 2 is 1.91 bits per heavy atom. The molecule has 1 amide bonds. The van der Waals surface area contributed by atoms with Crippen LogP contribution in [0.2, 0.25) is 0 Å². The molecule has 0 saturated carbocycles. The van der Waals surface area contributed by atoms with Gasteiger partial charge in [0.25, 0.3) is 0 Å². The summed E-state index contributed by atoms with van der Waals surface area (Å²) in [6.45, 7) is 1.40. The molecule has 8 heteroatoms. The number of hydrogen-bond acceptors (Lipinski definition) is 4. The summed E-state index contributed by atoms with van der Waals surface area (Å²) >= 11 is 0. The Kier molecular flexibility index (Phi) is 6.19. The lowest BCUT2D eigenvalue weighted by Gasteiger charge is -2.22. The Bertz CT molecular complexity index is 489. The molecule has 1 aromatic rings. The Morgan fingerprint density at radius 1 is 1.36 bits per heavy atom. The highest BCUT2D eigenvalue weighted by Crippen LogP contribution is 2.30. The van der Waals surface area contributed by atoms with Crippen LogP contribution in [-0.4, -0.2) is 48.3 Å². The van der Waals surface area contributed by atoms with Crippen LogP contribution in [0, 0.1) is 0 Å². The molecule has 0 aliphatic rings. The van der Waals surface area contributed by atoms with Crippen molar-refractivity contribution < 1.29 is 27.8 Å². The van der Waals surface area contributed by atoms with E-state index in [0.717, 1.165) is 12.1 Å². The lowest BCUT2D eigenvalue weighted by Crippen LogP contribution is -2.44. The van der Waals surface area contributed by atoms with Crippen LogP contribution >= 0.6 is 0 Å². The molecule has 3 N–H and O–H groups in total. The van der Waals surface area contributed by atoms with Crippen LogP contribution in [0.1, 0.15) is 12.5 Å². The summed E-state index contributed by atoms with van der Waals surface area (Å²) in [6, 6.07) is 3.47. The van der Waals surface area contributed by atoms with Crippen LogP contribution in [0.5, 0.6) is 5.75 Å². The van der Waals surface area contributed by atoms with Crippen LogP contribution in [0.3, 0.4) is 0 Å². The van der Waals surface area contributed by atoms with Crippen molar-refractivity contribution in [1.82, 2.24) is 4.90 Å². The van der Waals surface area contributed by atoms with E-state index in [1.807, 2.05) is 0 Å². The first-order valence-corrected chi connectivity index (χ1v) is 6.60. The highest BCUT2D eigenvalue weighted by atomic mass is 19.4. The minimum atomic E-state index is -4.40. The molecule has 0 fully saturated rings. The van der Waals surface area contributed by atoms with E-state index < -0.39 is 23.9 Å². The molecule has 0 saturated heterocycles. The molecule has 1 rings (SSSR count). The van der Waals surface area contributed by atoms with Gasteiger partial charge < -0.3 is 20.5 Å². The maximum Gasteiger partial charge on any atom is 0.416 e. The highest BCUT2D eigenvalue weighted by Gasteiger charge is 2.30. The van der Waals surface area contributed by atoms with Gasteiger partial charge in [-0.3, -0.25) is 4.79 Å². The Labute approximate surface area is 126 Å². The maximum absolute atomic E-state index is 12.4. The van der Waals surface area contributed by atoms with Crippen molar-refractivity contribution >= 4 is 5.91 Å². The number of likely N-dealkylation sites (N-methyl/N-ethyl adjacent to an activating group) is 1. The molecule has 1 unspecified atom stereocenters. The number of aliphatic hydroxyl groups excluding tert-OH is 1. The Morgan fingerprint density at radius 3 is 2.36 bits per heavy atom. The molecule has 0 spiro atoms. The predicted octanol–water partition coefficient (Wildman–Crippen LogP) is 1.25. The van der Waals surface area contributed by atoms with Crippen molar-refractivity contribution in [2.45, 2.75) is 25.2 Å². The van der Waals surface area contributed by atoms with Crippen molar-refractivity contribution in [1.29, 1.82) is 0 Å². The van der Waals surface area contributed by atoms with Crippen molar-refractivity contribution in [2.24, 2.45) is 5.73 Å². The molecule has 0 aliphatic carbocycles. The number of halogens is 3. The van der Waals surface area contributed by atoms with Crippen LogP contribution in [0.25, 0.3) is 0 Å². The van der Waals surface area contributed by atoms with Crippen LogP contribution in [0.15, 0.2) is 24.3 Å². The standard InChI is InChI=1S/C14H19F3N2O3/c1-9(18)13(21)19(2)7-11(20)8-22-12-5-3-10(4-6-12)14(15,16)17/h3-6,9,11,20H,7-8,18H2,1-2H3/t9-,11?/m1/s1. The second-order valence-electron chi connectivity index (χ2n) is 4.99. The van der Waals surface area contributed by atoms with Crippen molar-refractivity contribution in [3.8, 4) is 5.75 Å². The minimum Gasteiger partial charge on any atom is -0.491 e. The molecule has 0 aromatic heterocycles. The van der Waals surface area contributed by atoms with E-state index >= 15 is 0 Å². The van der Waals surface area contributed by atoms with E-state index in [-0.39, 0.29) is 24.8 Å². The lowest BCUT2D eigenvalue weighted by molar-refractivity contribution is -0.137. The van der Waals surface area contributed by atoms with Gasteiger partial charge in [0.05, 0.1) is 11.6 Å². The highest BCUT2D eigenvalue weighted by molar-refractivity contribution is 5.80. The number of nitrogens with two attached hydrogens (primary N) is 1. The number of alkyl halides is 3. The van der Waals surface area contributed by atoms with Gasteiger partial charge in [0.1, 0.15) is 18.5 Å². The molecule has 1 aromatic carbocycles. The van der Waals surface area contributed by atoms with Gasteiger partial charge in [-0.15, -0.1) is 0 Å². The van der Waals surface area contributed by atoms with E-state index in [0.29, 0.717) is 0 Å². The van der Waals surface area contributed by atoms with Gasteiger partial charge in [0, 0.05) is 13.6 Å². The number of aliphatic hydroxyl groups is 1. The zero-order valence-corrected chi connectivity index (χ0v) is 12.3. The third kappa shape index (κ3) is 5.53. The fourth-order valence-electron chi connectivity index (χ4n) is 1.74. The minimum absolute atomic E-state index is 0.0149. The quantitative estimate of drug-likeness (QED) is 0.827. The molecular weight excluding hydrogens is 301 g/mol. The third-order valence-electron chi connectivity index (χ3n) is 2.87. The van der Waals surface area contributed by atoms with Crippen molar-refractivity contribution in [3.63, 3.8) is 0 Å². The van der Waals surface area contributed by atoms with Gasteiger partial charge in [-0.05, 0) is 31.2 Å². The number of rotatable bonds is 6. The first-order chi connectivity index (χ1) is 10.1. The second kappa shape index (κ2) is 7.46. The number of benzene rings is 1. The first-order valence-electron chi connectivity index (χ1n) is 6.60. The van der Waals surface area contributed by atoms with Gasteiger partial charge in [0.2, 0.25) is 5.91 Å². The molecule has 0 bridgehead atoms. The summed E-state index contributed by atoms with van der Waals surface area (Å²) in [5, 5.41) is 9.76. The van der Waals surface area contributed by atoms with Crippen LogP contribution in [0.4, 0.5) is 13.2 Å². The monoisotopic (exact) mass is 320 g/mol. The molecule has 2 atom stereocenters. The molecule has 0 radical (unpaired) electrons. The lowest BCUT2D eigenvalue weighted by atomic mass is 10.2. The number of ether oxygens (including phenoxy) is 1. The summed E-state index contributed by atoms with van der Waals surface area (Å²) in [7, 11) is 1.49. The van der Waals surface area contributed by atoms with Crippen LogP contribution < -0.4 is 10.5 Å². The number of carbonyl (C=O) groups excluding carboxylic acids is 1. The van der Waals surface area contributed by atoms with E-state index in [1.54, 1.807) is 0 Å². The van der Waals surface area contributed by atoms with Gasteiger partial charge in [0.15, 0.2) is 0 Å².